The van der Waals surface area contributed by atoms with Gasteiger partial charge in [-0.1, -0.05) is 15.9 Å². The van der Waals surface area contributed by atoms with Gasteiger partial charge >= 0.3 is 0 Å². The van der Waals surface area contributed by atoms with Crippen molar-refractivity contribution < 1.29 is 9.53 Å². The van der Waals surface area contributed by atoms with Crippen LogP contribution in [0.1, 0.15) is 44.9 Å². The molecule has 2 rings (SSSR count). The lowest BCUT2D eigenvalue weighted by Crippen LogP contribution is -2.49. The molecule has 1 heterocycles. The second-order valence-corrected chi connectivity index (χ2v) is 5.97. The Morgan fingerprint density at radius 1 is 1.29 bits per heavy atom. The van der Waals surface area contributed by atoms with E-state index in [1.165, 1.54) is 19.3 Å². The first-order valence-corrected chi connectivity index (χ1v) is 7.88. The average Bonchev–Trinajstić information content (AvgIpc) is 2.34. The third-order valence-electron chi connectivity index (χ3n) is 3.92. The van der Waals surface area contributed by atoms with Gasteiger partial charge in [-0.15, -0.1) is 0 Å². The summed E-state index contributed by atoms with van der Waals surface area (Å²) in [5.41, 5.74) is 0. The van der Waals surface area contributed by atoms with Crippen LogP contribution in [-0.4, -0.2) is 30.0 Å². The van der Waals surface area contributed by atoms with E-state index in [9.17, 15) is 4.79 Å². The summed E-state index contributed by atoms with van der Waals surface area (Å²) in [7, 11) is 0. The van der Waals surface area contributed by atoms with Crippen molar-refractivity contribution in [1.82, 2.24) is 5.32 Å². The minimum absolute atomic E-state index is 0.228. The number of piperidine rings is 1. The molecule has 1 saturated carbocycles. The highest BCUT2D eigenvalue weighted by Gasteiger charge is 2.34. The zero-order chi connectivity index (χ0) is 12.1. The number of amides is 1. The van der Waals surface area contributed by atoms with Crippen molar-refractivity contribution >= 4 is 21.8 Å². The molecule has 0 radical (unpaired) electrons. The Kier molecular flexibility index (Phi) is 5.29. The second-order valence-electron chi connectivity index (χ2n) is 5.17. The van der Waals surface area contributed by atoms with Gasteiger partial charge in [0.05, 0.1) is 6.10 Å². The predicted octanol–water partition coefficient (Wildman–Crippen LogP) is 2.63. The molecule has 3 nitrogen and oxygen atoms in total. The van der Waals surface area contributed by atoms with E-state index in [0.717, 1.165) is 37.6 Å². The molecule has 1 aliphatic heterocycles. The molecule has 98 valence electrons. The molecule has 0 spiro atoms. The predicted molar refractivity (Wildman–Crippen MR) is 71.3 cm³/mol. The zero-order valence-corrected chi connectivity index (χ0v) is 11.9. The quantitative estimate of drug-likeness (QED) is 0.626. The van der Waals surface area contributed by atoms with Gasteiger partial charge < -0.3 is 10.1 Å². The summed E-state index contributed by atoms with van der Waals surface area (Å²) in [6.07, 6.45) is 7.87. The third-order valence-corrected chi connectivity index (χ3v) is 4.48. The fourth-order valence-corrected chi connectivity index (χ4v) is 3.31. The van der Waals surface area contributed by atoms with Crippen LogP contribution >= 0.6 is 15.9 Å². The van der Waals surface area contributed by atoms with Crippen molar-refractivity contribution in [2.45, 2.75) is 57.1 Å². The SMILES string of the molecule is O=C1CC[C@@H]2CC[C@@H](OCCCCBr)C[C@H]2N1. The highest BCUT2D eigenvalue weighted by atomic mass is 79.9. The number of unbranched alkanes of at least 4 members (excludes halogenated alkanes) is 1. The van der Waals surface area contributed by atoms with Gasteiger partial charge in [0, 0.05) is 24.4 Å². The normalized spacial score (nSPS) is 33.0. The lowest BCUT2D eigenvalue weighted by Gasteiger charge is -2.39. The number of alkyl halides is 1. The highest BCUT2D eigenvalue weighted by Crippen LogP contribution is 2.32. The summed E-state index contributed by atoms with van der Waals surface area (Å²) in [6, 6.07) is 0.381. The van der Waals surface area contributed by atoms with Gasteiger partial charge in [-0.05, 0) is 44.4 Å². The average molecular weight is 304 g/mol. The van der Waals surface area contributed by atoms with Crippen LogP contribution in [0.2, 0.25) is 0 Å². The van der Waals surface area contributed by atoms with Gasteiger partial charge in [-0.2, -0.15) is 0 Å². The Morgan fingerprint density at radius 2 is 2.18 bits per heavy atom. The van der Waals surface area contributed by atoms with Crippen molar-refractivity contribution in [2.24, 2.45) is 5.92 Å². The van der Waals surface area contributed by atoms with Gasteiger partial charge in [0.25, 0.3) is 0 Å². The van der Waals surface area contributed by atoms with Crippen LogP contribution in [-0.2, 0) is 9.53 Å². The Bertz CT molecular complexity index is 260. The molecule has 3 atom stereocenters. The summed E-state index contributed by atoms with van der Waals surface area (Å²) < 4.78 is 5.90. The molecular weight excluding hydrogens is 282 g/mol. The molecule has 0 aromatic rings. The molecule has 0 bridgehead atoms. The van der Waals surface area contributed by atoms with Crippen molar-refractivity contribution in [3.8, 4) is 0 Å². The number of ether oxygens (including phenoxy) is 1. The minimum Gasteiger partial charge on any atom is -0.378 e. The number of fused-ring (bicyclic) bond motifs is 1. The van der Waals surface area contributed by atoms with E-state index in [0.29, 0.717) is 18.1 Å². The number of carbonyl (C=O) groups is 1. The van der Waals surface area contributed by atoms with Crippen molar-refractivity contribution in [1.29, 1.82) is 0 Å². The number of nitrogens with one attached hydrogen (secondary N) is 1. The van der Waals surface area contributed by atoms with Crippen LogP contribution in [0.15, 0.2) is 0 Å². The van der Waals surface area contributed by atoms with Gasteiger partial charge in [0.1, 0.15) is 0 Å². The molecule has 1 N–H and O–H groups in total. The van der Waals surface area contributed by atoms with E-state index in [1.54, 1.807) is 0 Å². The van der Waals surface area contributed by atoms with E-state index in [-0.39, 0.29) is 5.91 Å². The lowest BCUT2D eigenvalue weighted by atomic mass is 9.78. The highest BCUT2D eigenvalue weighted by molar-refractivity contribution is 9.09. The Hall–Kier alpha value is -0.0900. The fraction of sp³-hybridized carbons (Fsp3) is 0.923. The maximum atomic E-state index is 11.4. The summed E-state index contributed by atoms with van der Waals surface area (Å²) >= 11 is 3.42. The third kappa shape index (κ3) is 3.95. The summed E-state index contributed by atoms with van der Waals surface area (Å²) in [6.45, 7) is 0.863. The van der Waals surface area contributed by atoms with Crippen LogP contribution < -0.4 is 5.32 Å². The Balaban J connectivity index is 1.70. The Morgan fingerprint density at radius 3 is 3.00 bits per heavy atom. The zero-order valence-electron chi connectivity index (χ0n) is 10.3. The van der Waals surface area contributed by atoms with E-state index < -0.39 is 0 Å². The molecule has 0 aromatic carbocycles. The van der Waals surface area contributed by atoms with Crippen LogP contribution in [0.5, 0.6) is 0 Å². The molecular formula is C13H22BrNO2. The number of hydrogen-bond donors (Lipinski definition) is 1. The molecule has 0 aromatic heterocycles. The van der Waals surface area contributed by atoms with Gasteiger partial charge in [-0.25, -0.2) is 0 Å². The molecule has 2 aliphatic rings. The van der Waals surface area contributed by atoms with E-state index in [4.69, 9.17) is 4.74 Å². The molecule has 1 amide bonds. The standard InChI is InChI=1S/C13H22BrNO2/c14-7-1-2-8-17-11-5-3-10-4-6-13(16)15-12(10)9-11/h10-12H,1-9H2,(H,15,16)/t10-,11+,12+/m0/s1. The smallest absolute Gasteiger partial charge is 0.220 e. The van der Waals surface area contributed by atoms with Gasteiger partial charge in [0.15, 0.2) is 0 Å². The first-order valence-electron chi connectivity index (χ1n) is 6.76. The van der Waals surface area contributed by atoms with Crippen molar-refractivity contribution in [3.63, 3.8) is 0 Å². The molecule has 0 unspecified atom stereocenters. The van der Waals surface area contributed by atoms with E-state index >= 15 is 0 Å². The fourth-order valence-electron chi connectivity index (χ4n) is 2.91. The molecule has 17 heavy (non-hydrogen) atoms. The maximum absolute atomic E-state index is 11.4. The van der Waals surface area contributed by atoms with Crippen LogP contribution in [0.25, 0.3) is 0 Å². The first kappa shape index (κ1) is 13.3. The minimum atomic E-state index is 0.228. The lowest BCUT2D eigenvalue weighted by molar-refractivity contribution is -0.125. The van der Waals surface area contributed by atoms with E-state index in [2.05, 4.69) is 21.2 Å². The number of hydrogen-bond acceptors (Lipinski definition) is 2. The Labute approximate surface area is 112 Å². The number of halogens is 1. The van der Waals surface area contributed by atoms with Crippen LogP contribution in [0.3, 0.4) is 0 Å². The number of carbonyl (C=O) groups excluding carboxylic acids is 1. The molecule has 1 saturated heterocycles. The topological polar surface area (TPSA) is 38.3 Å². The maximum Gasteiger partial charge on any atom is 0.220 e. The van der Waals surface area contributed by atoms with E-state index in [1.807, 2.05) is 0 Å². The van der Waals surface area contributed by atoms with Gasteiger partial charge in [0.2, 0.25) is 5.91 Å². The van der Waals surface area contributed by atoms with Crippen LogP contribution in [0, 0.1) is 5.92 Å². The van der Waals surface area contributed by atoms with Crippen molar-refractivity contribution in [3.05, 3.63) is 0 Å². The number of rotatable bonds is 5. The van der Waals surface area contributed by atoms with Crippen LogP contribution in [0.4, 0.5) is 0 Å². The van der Waals surface area contributed by atoms with Gasteiger partial charge in [-0.3, -0.25) is 4.79 Å². The first-order chi connectivity index (χ1) is 8.29. The summed E-state index contributed by atoms with van der Waals surface area (Å²) in [5, 5.41) is 4.18. The summed E-state index contributed by atoms with van der Waals surface area (Å²) in [5.74, 6) is 0.932. The molecule has 4 heteroatoms. The largest absolute Gasteiger partial charge is 0.378 e. The summed E-state index contributed by atoms with van der Waals surface area (Å²) in [4.78, 5) is 11.4. The second kappa shape index (κ2) is 6.74. The monoisotopic (exact) mass is 303 g/mol. The molecule has 2 fully saturated rings. The van der Waals surface area contributed by atoms with Crippen molar-refractivity contribution in [2.75, 3.05) is 11.9 Å². The molecule has 1 aliphatic carbocycles.